The third-order valence-corrected chi connectivity index (χ3v) is 4.12. The predicted octanol–water partition coefficient (Wildman–Crippen LogP) is 3.01. The minimum atomic E-state index is 0.572. The van der Waals surface area contributed by atoms with Crippen molar-refractivity contribution in [2.24, 2.45) is 4.99 Å². The number of H-pyrrole nitrogens is 1. The molecule has 1 aromatic carbocycles. The van der Waals surface area contributed by atoms with Gasteiger partial charge in [0.05, 0.1) is 6.26 Å². The van der Waals surface area contributed by atoms with E-state index in [1.54, 1.807) is 6.26 Å². The van der Waals surface area contributed by atoms with Crippen molar-refractivity contribution in [3.05, 3.63) is 59.6 Å². The topological polar surface area (TPSA) is 82.3 Å². The Kier molecular flexibility index (Phi) is 6.25. The lowest BCUT2D eigenvalue weighted by atomic mass is 10.1. The van der Waals surface area contributed by atoms with E-state index in [2.05, 4.69) is 63.5 Å². The highest BCUT2D eigenvalue weighted by Crippen LogP contribution is 2.14. The molecule has 0 radical (unpaired) electrons. The Morgan fingerprint density at radius 1 is 1.26 bits per heavy atom. The maximum Gasteiger partial charge on any atom is 0.216 e. The zero-order chi connectivity index (χ0) is 19.1. The molecule has 0 unspecified atom stereocenters. The van der Waals surface area contributed by atoms with Gasteiger partial charge in [-0.3, -0.25) is 10.1 Å². The van der Waals surface area contributed by atoms with Crippen LogP contribution in [0.3, 0.4) is 0 Å². The average molecular weight is 366 g/mol. The Hall–Kier alpha value is -3.09. The van der Waals surface area contributed by atoms with Crippen LogP contribution in [0, 0.1) is 6.92 Å². The number of aromatic amines is 1. The molecule has 0 aliphatic heterocycles. The average Bonchev–Trinajstić information content (AvgIpc) is 3.34. The normalized spacial score (nSPS) is 11.6. The van der Waals surface area contributed by atoms with Gasteiger partial charge in [0.25, 0.3) is 0 Å². The summed E-state index contributed by atoms with van der Waals surface area (Å²) in [6.07, 6.45) is 2.29. The van der Waals surface area contributed by atoms with Gasteiger partial charge in [0.1, 0.15) is 5.82 Å². The lowest BCUT2D eigenvalue weighted by molar-refractivity contribution is 0.477. The maximum absolute atomic E-state index is 5.31. The molecule has 0 bridgehead atoms. The van der Waals surface area contributed by atoms with Crippen molar-refractivity contribution < 1.29 is 4.42 Å². The van der Waals surface area contributed by atoms with Crippen LogP contribution in [0.4, 0.5) is 0 Å². The molecule has 7 heteroatoms. The highest BCUT2D eigenvalue weighted by molar-refractivity contribution is 5.79. The molecule has 27 heavy (non-hydrogen) atoms. The van der Waals surface area contributed by atoms with E-state index in [9.17, 15) is 0 Å². The third-order valence-electron chi connectivity index (χ3n) is 4.12. The molecule has 0 aliphatic rings. The van der Waals surface area contributed by atoms with Gasteiger partial charge in [-0.2, -0.15) is 5.10 Å². The van der Waals surface area contributed by atoms with Crippen molar-refractivity contribution in [1.29, 1.82) is 0 Å². The summed E-state index contributed by atoms with van der Waals surface area (Å²) in [5.41, 5.74) is 2.52. The molecule has 7 nitrogen and oxygen atoms in total. The van der Waals surface area contributed by atoms with Crippen molar-refractivity contribution in [1.82, 2.24) is 25.4 Å². The minimum absolute atomic E-state index is 0.572. The van der Waals surface area contributed by atoms with Gasteiger partial charge in [0.2, 0.25) is 5.82 Å². The highest BCUT2D eigenvalue weighted by Gasteiger charge is 2.09. The molecule has 0 atom stereocenters. The molecule has 0 fully saturated rings. The number of furan rings is 1. The molecule has 2 heterocycles. The number of nitrogens with one attached hydrogen (secondary N) is 2. The summed E-state index contributed by atoms with van der Waals surface area (Å²) in [4.78, 5) is 11.3. The molecule has 2 aromatic heterocycles. The Labute approximate surface area is 159 Å². The molecule has 3 aromatic rings. The van der Waals surface area contributed by atoms with E-state index in [1.165, 1.54) is 11.1 Å². The van der Waals surface area contributed by atoms with Gasteiger partial charge < -0.3 is 14.6 Å². The second kappa shape index (κ2) is 9.02. The number of benzene rings is 1. The van der Waals surface area contributed by atoms with Crippen molar-refractivity contribution in [3.8, 4) is 11.6 Å². The van der Waals surface area contributed by atoms with Gasteiger partial charge in [-0.1, -0.05) is 29.8 Å². The fraction of sp³-hybridized carbons (Fsp3) is 0.350. The first-order chi connectivity index (χ1) is 13.2. The van der Waals surface area contributed by atoms with E-state index < -0.39 is 0 Å². The summed E-state index contributed by atoms with van der Waals surface area (Å²) < 4.78 is 5.31. The molecule has 0 saturated heterocycles. The fourth-order valence-electron chi connectivity index (χ4n) is 2.70. The summed E-state index contributed by atoms with van der Waals surface area (Å²) >= 11 is 0. The number of nitrogens with zero attached hydrogens (tertiary/aromatic N) is 4. The van der Waals surface area contributed by atoms with E-state index in [1.807, 2.05) is 19.2 Å². The van der Waals surface area contributed by atoms with Crippen LogP contribution in [0.15, 0.2) is 52.1 Å². The molecule has 3 rings (SSSR count). The van der Waals surface area contributed by atoms with Crippen molar-refractivity contribution in [2.45, 2.75) is 26.8 Å². The Bertz CT molecular complexity index is 851. The SMILES string of the molecule is CCNC(=NCCc1nc(-c2ccco2)n[nH]1)N(C)Cc1ccc(C)cc1. The molecule has 2 N–H and O–H groups in total. The van der Waals surface area contributed by atoms with E-state index in [0.29, 0.717) is 24.6 Å². The summed E-state index contributed by atoms with van der Waals surface area (Å²) in [5.74, 6) is 2.90. The number of rotatable bonds is 7. The maximum atomic E-state index is 5.31. The van der Waals surface area contributed by atoms with Gasteiger partial charge in [-0.05, 0) is 31.5 Å². The van der Waals surface area contributed by atoms with Gasteiger partial charge in [-0.25, -0.2) is 4.98 Å². The van der Waals surface area contributed by atoms with Crippen LogP contribution in [-0.2, 0) is 13.0 Å². The summed E-state index contributed by atoms with van der Waals surface area (Å²) in [7, 11) is 2.05. The number of aryl methyl sites for hydroxylation is 1. The third kappa shape index (κ3) is 5.20. The summed E-state index contributed by atoms with van der Waals surface area (Å²) in [6, 6.07) is 12.2. The van der Waals surface area contributed by atoms with Gasteiger partial charge in [0.15, 0.2) is 11.7 Å². The van der Waals surface area contributed by atoms with Crippen molar-refractivity contribution in [3.63, 3.8) is 0 Å². The molecule has 0 spiro atoms. The molecule has 0 saturated carbocycles. The van der Waals surface area contributed by atoms with Crippen LogP contribution in [0.25, 0.3) is 11.6 Å². The van der Waals surface area contributed by atoms with Crippen molar-refractivity contribution >= 4 is 5.96 Å². The number of hydrogen-bond donors (Lipinski definition) is 2. The lowest BCUT2D eigenvalue weighted by Gasteiger charge is -2.22. The zero-order valence-corrected chi connectivity index (χ0v) is 16.1. The van der Waals surface area contributed by atoms with Crippen LogP contribution in [0.1, 0.15) is 23.9 Å². The predicted molar refractivity (Wildman–Crippen MR) is 106 cm³/mol. The molecule has 0 amide bonds. The van der Waals surface area contributed by atoms with Gasteiger partial charge in [-0.15, -0.1) is 0 Å². The number of guanidine groups is 1. The van der Waals surface area contributed by atoms with Gasteiger partial charge in [0, 0.05) is 33.1 Å². The van der Waals surface area contributed by atoms with Crippen LogP contribution in [0.5, 0.6) is 0 Å². The monoisotopic (exact) mass is 366 g/mol. The first-order valence-electron chi connectivity index (χ1n) is 9.16. The Morgan fingerprint density at radius 3 is 2.78 bits per heavy atom. The molecular weight excluding hydrogens is 340 g/mol. The number of aliphatic imine (C=N–C) groups is 1. The lowest BCUT2D eigenvalue weighted by Crippen LogP contribution is -2.38. The molecular formula is C20H26N6O. The van der Waals surface area contributed by atoms with Crippen LogP contribution in [0.2, 0.25) is 0 Å². The first-order valence-corrected chi connectivity index (χ1v) is 9.16. The van der Waals surface area contributed by atoms with E-state index in [0.717, 1.165) is 24.9 Å². The zero-order valence-electron chi connectivity index (χ0n) is 16.1. The Balaban J connectivity index is 1.59. The first kappa shape index (κ1) is 18.7. The molecule has 0 aliphatic carbocycles. The van der Waals surface area contributed by atoms with Gasteiger partial charge >= 0.3 is 0 Å². The number of aromatic nitrogens is 3. The van der Waals surface area contributed by atoms with Crippen LogP contribution < -0.4 is 5.32 Å². The van der Waals surface area contributed by atoms with Crippen LogP contribution in [-0.4, -0.2) is 46.2 Å². The largest absolute Gasteiger partial charge is 0.461 e. The van der Waals surface area contributed by atoms with E-state index in [-0.39, 0.29) is 0 Å². The second-order valence-electron chi connectivity index (χ2n) is 6.41. The second-order valence-corrected chi connectivity index (χ2v) is 6.41. The minimum Gasteiger partial charge on any atom is -0.461 e. The van der Waals surface area contributed by atoms with Crippen LogP contribution >= 0.6 is 0 Å². The highest BCUT2D eigenvalue weighted by atomic mass is 16.3. The number of hydrogen-bond acceptors (Lipinski definition) is 4. The molecule has 142 valence electrons. The fourth-order valence-corrected chi connectivity index (χ4v) is 2.70. The van der Waals surface area contributed by atoms with E-state index >= 15 is 0 Å². The quantitative estimate of drug-likeness (QED) is 0.496. The smallest absolute Gasteiger partial charge is 0.216 e. The summed E-state index contributed by atoms with van der Waals surface area (Å²) in [6.45, 7) is 6.41. The van der Waals surface area contributed by atoms with Crippen molar-refractivity contribution in [2.75, 3.05) is 20.1 Å². The summed E-state index contributed by atoms with van der Waals surface area (Å²) in [5, 5.41) is 10.5. The standard InChI is InChI=1S/C20H26N6O/c1-4-21-20(26(3)14-16-9-7-15(2)8-10-16)22-12-11-18-23-19(25-24-18)17-6-5-13-27-17/h5-10,13H,4,11-12,14H2,1-3H3,(H,21,22)(H,23,24,25). The van der Waals surface area contributed by atoms with E-state index in [4.69, 9.17) is 9.41 Å². The Morgan fingerprint density at radius 2 is 2.07 bits per heavy atom.